The Morgan fingerprint density at radius 1 is 1.53 bits per heavy atom. The van der Waals surface area contributed by atoms with E-state index in [4.69, 9.17) is 9.84 Å². The lowest BCUT2D eigenvalue weighted by molar-refractivity contribution is -0.139. The van der Waals surface area contributed by atoms with Crippen LogP contribution in [-0.4, -0.2) is 52.7 Å². The van der Waals surface area contributed by atoms with Gasteiger partial charge in [0.2, 0.25) is 0 Å². The summed E-state index contributed by atoms with van der Waals surface area (Å²) >= 11 is 0. The van der Waals surface area contributed by atoms with E-state index in [9.17, 15) is 9.59 Å². The van der Waals surface area contributed by atoms with Crippen LogP contribution in [-0.2, 0) is 16.0 Å². The Bertz CT molecular complexity index is 469. The summed E-state index contributed by atoms with van der Waals surface area (Å²) in [5, 5.41) is 8.88. The Labute approximate surface area is 111 Å². The molecule has 104 valence electrons. The molecule has 19 heavy (non-hydrogen) atoms. The maximum atomic E-state index is 12.4. The van der Waals surface area contributed by atoms with Gasteiger partial charge in [-0.1, -0.05) is 6.92 Å². The zero-order chi connectivity index (χ0) is 13.8. The largest absolute Gasteiger partial charge is 0.481 e. The van der Waals surface area contributed by atoms with E-state index in [1.54, 1.807) is 11.0 Å². The molecule has 0 bridgehead atoms. The summed E-state index contributed by atoms with van der Waals surface area (Å²) < 4.78 is 5.26. The average Bonchev–Trinajstić information content (AvgIpc) is 2.86. The first-order chi connectivity index (χ1) is 9.11. The topological polar surface area (TPSA) is 82.6 Å². The number of carboxylic acids is 1. The molecule has 0 spiro atoms. The molecule has 1 amide bonds. The molecule has 0 unspecified atom stereocenters. The van der Waals surface area contributed by atoms with Crippen molar-refractivity contribution in [1.82, 2.24) is 9.88 Å². The van der Waals surface area contributed by atoms with Gasteiger partial charge in [-0.05, 0) is 18.6 Å². The third-order valence-corrected chi connectivity index (χ3v) is 3.26. The molecule has 2 N–H and O–H groups in total. The van der Waals surface area contributed by atoms with Crippen LogP contribution in [0.3, 0.4) is 0 Å². The molecule has 6 heteroatoms. The van der Waals surface area contributed by atoms with Crippen molar-refractivity contribution < 1.29 is 19.4 Å². The predicted molar refractivity (Wildman–Crippen MR) is 68.1 cm³/mol. The average molecular weight is 266 g/mol. The highest BCUT2D eigenvalue weighted by molar-refractivity contribution is 5.93. The van der Waals surface area contributed by atoms with Gasteiger partial charge in [-0.25, -0.2) is 0 Å². The number of hydrogen-bond donors (Lipinski definition) is 2. The molecule has 1 fully saturated rings. The monoisotopic (exact) mass is 266 g/mol. The van der Waals surface area contributed by atoms with Gasteiger partial charge in [0.15, 0.2) is 0 Å². The van der Waals surface area contributed by atoms with Crippen molar-refractivity contribution in [3.05, 3.63) is 23.5 Å². The van der Waals surface area contributed by atoms with Crippen LogP contribution in [0.15, 0.2) is 12.1 Å². The number of hydrogen-bond acceptors (Lipinski definition) is 3. The zero-order valence-corrected chi connectivity index (χ0v) is 10.9. The summed E-state index contributed by atoms with van der Waals surface area (Å²) in [5.41, 5.74) is 1.50. The summed E-state index contributed by atoms with van der Waals surface area (Å²) in [4.78, 5) is 27.8. The number of morpholine rings is 1. The molecule has 1 saturated heterocycles. The molecular weight excluding hydrogens is 248 g/mol. The van der Waals surface area contributed by atoms with Gasteiger partial charge in [-0.2, -0.15) is 0 Å². The van der Waals surface area contributed by atoms with Crippen molar-refractivity contribution in [3.63, 3.8) is 0 Å². The third-order valence-electron chi connectivity index (χ3n) is 3.26. The van der Waals surface area contributed by atoms with Gasteiger partial charge < -0.3 is 19.7 Å². The van der Waals surface area contributed by atoms with Crippen molar-refractivity contribution >= 4 is 11.9 Å². The SMILES string of the molecule is CCc1ccc(C(=O)N2CCOC[C@@H]2CC(=O)O)[nH]1. The lowest BCUT2D eigenvalue weighted by atomic mass is 10.1. The number of H-pyrrole nitrogens is 1. The van der Waals surface area contributed by atoms with E-state index in [1.807, 2.05) is 13.0 Å². The minimum Gasteiger partial charge on any atom is -0.481 e. The van der Waals surface area contributed by atoms with Gasteiger partial charge >= 0.3 is 5.97 Å². The molecule has 6 nitrogen and oxygen atoms in total. The number of nitrogens with one attached hydrogen (secondary N) is 1. The quantitative estimate of drug-likeness (QED) is 0.848. The van der Waals surface area contributed by atoms with Crippen molar-refractivity contribution in [2.75, 3.05) is 19.8 Å². The van der Waals surface area contributed by atoms with Crippen LogP contribution < -0.4 is 0 Å². The minimum atomic E-state index is -0.922. The predicted octanol–water partition coefficient (Wildman–Crippen LogP) is 0.893. The Morgan fingerprint density at radius 3 is 2.95 bits per heavy atom. The van der Waals surface area contributed by atoms with Gasteiger partial charge in [0.25, 0.3) is 5.91 Å². The van der Waals surface area contributed by atoms with E-state index in [-0.39, 0.29) is 18.9 Å². The van der Waals surface area contributed by atoms with Crippen LogP contribution in [0.1, 0.15) is 29.5 Å². The molecule has 1 atom stereocenters. The Hall–Kier alpha value is -1.82. The van der Waals surface area contributed by atoms with Crippen molar-refractivity contribution in [2.24, 2.45) is 0 Å². The molecule has 2 rings (SSSR count). The van der Waals surface area contributed by atoms with Gasteiger partial charge in [-0.3, -0.25) is 9.59 Å². The van der Waals surface area contributed by atoms with Crippen LogP contribution >= 0.6 is 0 Å². The number of ether oxygens (including phenoxy) is 1. The number of aromatic amines is 1. The van der Waals surface area contributed by atoms with E-state index in [2.05, 4.69) is 4.98 Å². The van der Waals surface area contributed by atoms with Crippen LogP contribution in [0, 0.1) is 0 Å². The van der Waals surface area contributed by atoms with Crippen molar-refractivity contribution in [3.8, 4) is 0 Å². The first-order valence-corrected chi connectivity index (χ1v) is 6.40. The van der Waals surface area contributed by atoms with Crippen LogP contribution in [0.2, 0.25) is 0 Å². The smallest absolute Gasteiger partial charge is 0.305 e. The van der Waals surface area contributed by atoms with E-state index in [0.717, 1.165) is 12.1 Å². The second-order valence-corrected chi connectivity index (χ2v) is 4.58. The summed E-state index contributed by atoms with van der Waals surface area (Å²) in [5.74, 6) is -1.08. The molecule has 0 aromatic carbocycles. The number of aromatic nitrogens is 1. The molecule has 1 aromatic rings. The fourth-order valence-electron chi connectivity index (χ4n) is 2.22. The number of amides is 1. The highest BCUT2D eigenvalue weighted by atomic mass is 16.5. The summed E-state index contributed by atoms with van der Waals surface area (Å²) in [6.07, 6.45) is 0.738. The fraction of sp³-hybridized carbons (Fsp3) is 0.538. The third kappa shape index (κ3) is 3.14. The zero-order valence-electron chi connectivity index (χ0n) is 10.9. The lowest BCUT2D eigenvalue weighted by Crippen LogP contribution is -2.49. The van der Waals surface area contributed by atoms with E-state index < -0.39 is 12.0 Å². The van der Waals surface area contributed by atoms with Gasteiger partial charge in [0.1, 0.15) is 5.69 Å². The number of aryl methyl sites for hydroxylation is 1. The highest BCUT2D eigenvalue weighted by Crippen LogP contribution is 2.15. The number of nitrogens with zero attached hydrogens (tertiary/aromatic N) is 1. The normalized spacial score (nSPS) is 19.4. The van der Waals surface area contributed by atoms with Crippen LogP contribution in [0.5, 0.6) is 0 Å². The van der Waals surface area contributed by atoms with Crippen LogP contribution in [0.4, 0.5) is 0 Å². The number of rotatable bonds is 4. The molecule has 0 aliphatic carbocycles. The lowest BCUT2D eigenvalue weighted by Gasteiger charge is -2.34. The molecular formula is C13H18N2O4. The molecule has 0 radical (unpaired) electrons. The van der Waals surface area contributed by atoms with Crippen LogP contribution in [0.25, 0.3) is 0 Å². The fourth-order valence-corrected chi connectivity index (χ4v) is 2.22. The van der Waals surface area contributed by atoms with Gasteiger partial charge in [-0.15, -0.1) is 0 Å². The van der Waals surface area contributed by atoms with Crippen molar-refractivity contribution in [1.29, 1.82) is 0 Å². The van der Waals surface area contributed by atoms with Gasteiger partial charge in [0, 0.05) is 12.2 Å². The second kappa shape index (κ2) is 5.88. The second-order valence-electron chi connectivity index (χ2n) is 4.58. The molecule has 1 aromatic heterocycles. The Morgan fingerprint density at radius 2 is 2.32 bits per heavy atom. The molecule has 2 heterocycles. The maximum Gasteiger partial charge on any atom is 0.305 e. The van der Waals surface area contributed by atoms with E-state index in [1.165, 1.54) is 0 Å². The maximum absolute atomic E-state index is 12.4. The van der Waals surface area contributed by atoms with E-state index in [0.29, 0.717) is 18.8 Å². The minimum absolute atomic E-state index is 0.0902. The first kappa shape index (κ1) is 13.6. The first-order valence-electron chi connectivity index (χ1n) is 6.40. The summed E-state index contributed by atoms with van der Waals surface area (Å²) in [6.45, 7) is 3.15. The standard InChI is InChI=1S/C13H18N2O4/c1-2-9-3-4-11(14-9)13(18)15-5-6-19-8-10(15)7-12(16)17/h3-4,10,14H,2,5-8H2,1H3,(H,16,17)/t10-/m0/s1. The number of aliphatic carboxylic acids is 1. The summed E-state index contributed by atoms with van der Waals surface area (Å²) in [6, 6.07) is 3.22. The Balaban J connectivity index is 2.12. The summed E-state index contributed by atoms with van der Waals surface area (Å²) in [7, 11) is 0. The number of carboxylic acid groups (broad SMARTS) is 1. The van der Waals surface area contributed by atoms with Crippen molar-refractivity contribution in [2.45, 2.75) is 25.8 Å². The number of carbonyl (C=O) groups excluding carboxylic acids is 1. The molecule has 0 saturated carbocycles. The van der Waals surface area contributed by atoms with E-state index >= 15 is 0 Å². The number of carbonyl (C=O) groups is 2. The van der Waals surface area contributed by atoms with Gasteiger partial charge in [0.05, 0.1) is 25.7 Å². The highest BCUT2D eigenvalue weighted by Gasteiger charge is 2.30. The molecule has 1 aliphatic heterocycles. The Kier molecular flexibility index (Phi) is 4.21. The molecule has 1 aliphatic rings.